The Morgan fingerprint density at radius 1 is 0.567 bits per heavy atom. The maximum atomic E-state index is 7.08. The molecule has 0 spiro atoms. The number of aryl methyl sites for hydroxylation is 1. The third-order valence-corrected chi connectivity index (χ3v) is 15.7. The summed E-state index contributed by atoms with van der Waals surface area (Å²) in [4.78, 5) is 0. The summed E-state index contributed by atoms with van der Waals surface area (Å²) in [7, 11) is 2.48. The Labute approximate surface area is 396 Å². The van der Waals surface area contributed by atoms with E-state index in [0.29, 0.717) is 0 Å². The first kappa shape index (κ1) is 41.9. The van der Waals surface area contributed by atoms with Gasteiger partial charge < -0.3 is 14.3 Å². The van der Waals surface area contributed by atoms with E-state index in [1.165, 1.54) is 99.1 Å². The highest BCUT2D eigenvalue weighted by Gasteiger charge is 2.38. The van der Waals surface area contributed by atoms with Gasteiger partial charge in [-0.1, -0.05) is 165 Å². The molecular weight excluding hydrogens is 812 g/mol. The molecule has 0 atom stereocenters. The van der Waals surface area contributed by atoms with Gasteiger partial charge in [0.05, 0.1) is 5.52 Å². The van der Waals surface area contributed by atoms with Gasteiger partial charge in [0.15, 0.2) is 7.28 Å². The predicted octanol–water partition coefficient (Wildman–Crippen LogP) is 16.1. The van der Waals surface area contributed by atoms with E-state index in [4.69, 9.17) is 4.42 Å². The smallest absolute Gasteiger partial charge is 0.197 e. The molecule has 0 amide bonds. The molecule has 1 aliphatic heterocycles. The van der Waals surface area contributed by atoms with E-state index in [9.17, 15) is 0 Å². The Hall–Kier alpha value is -6.52. The molecule has 12 rings (SSSR count). The van der Waals surface area contributed by atoms with Gasteiger partial charge in [0.2, 0.25) is 0 Å². The maximum absolute atomic E-state index is 7.08. The van der Waals surface area contributed by atoms with Crippen molar-refractivity contribution in [1.82, 2.24) is 4.57 Å². The minimum atomic E-state index is -0.0169. The second-order valence-electron chi connectivity index (χ2n) is 23.3. The second-order valence-corrected chi connectivity index (χ2v) is 23.3. The van der Waals surface area contributed by atoms with Crippen molar-refractivity contribution in [2.45, 2.75) is 111 Å². The third-order valence-electron chi connectivity index (χ3n) is 15.7. The lowest BCUT2D eigenvalue weighted by Crippen LogP contribution is -2.38. The lowest BCUT2D eigenvalue weighted by molar-refractivity contribution is 0.332. The van der Waals surface area contributed by atoms with Crippen molar-refractivity contribution < 1.29 is 4.42 Å². The first-order valence-corrected chi connectivity index (χ1v) is 24.4. The molecule has 0 unspecified atom stereocenters. The fourth-order valence-electron chi connectivity index (χ4n) is 11.5. The van der Waals surface area contributed by atoms with Gasteiger partial charge in [0.25, 0.3) is 0 Å². The zero-order valence-electron chi connectivity index (χ0n) is 41.0. The SMILES string of the molecule is Cc1ccc(Nc2cc3c(cc2-c2cc(-c4ccc(C(C)(C)C)cc4)c4c5ccc6ccccc6c5n5c4c2[B]c2cc(C(C)(C)C)ccc2-5)oc2cc4c(cc23)C(C)(C)CCC4(C)C)cc1. The van der Waals surface area contributed by atoms with Gasteiger partial charge in [-0.25, -0.2) is 0 Å². The summed E-state index contributed by atoms with van der Waals surface area (Å²) in [5.74, 6) is 0. The normalized spacial score (nSPS) is 15.3. The van der Waals surface area contributed by atoms with Crippen LogP contribution < -0.4 is 16.2 Å². The highest BCUT2D eigenvalue weighted by atomic mass is 16.3. The van der Waals surface area contributed by atoms with Crippen molar-refractivity contribution >= 4 is 84.1 Å². The Bertz CT molecular complexity index is 3690. The average Bonchev–Trinajstić information content (AvgIpc) is 3.84. The highest BCUT2D eigenvalue weighted by molar-refractivity contribution is 6.73. The van der Waals surface area contributed by atoms with Crippen molar-refractivity contribution in [3.05, 3.63) is 161 Å². The van der Waals surface area contributed by atoms with Crippen LogP contribution in [0.1, 0.15) is 110 Å². The summed E-state index contributed by atoms with van der Waals surface area (Å²) in [6.07, 6.45) is 2.32. The van der Waals surface area contributed by atoms with Gasteiger partial charge in [-0.2, -0.15) is 0 Å². The molecule has 0 bridgehead atoms. The van der Waals surface area contributed by atoms with Crippen LogP contribution in [0.25, 0.3) is 82.5 Å². The largest absolute Gasteiger partial charge is 0.456 e. The van der Waals surface area contributed by atoms with Crippen LogP contribution in [-0.4, -0.2) is 11.8 Å². The third kappa shape index (κ3) is 6.53. The lowest BCUT2D eigenvalue weighted by atomic mass is 9.58. The number of hydrogen-bond donors (Lipinski definition) is 1. The summed E-state index contributed by atoms with van der Waals surface area (Å²) in [6.45, 7) is 25.6. The zero-order valence-corrected chi connectivity index (χ0v) is 41.0. The molecule has 0 saturated heterocycles. The van der Waals surface area contributed by atoms with E-state index >= 15 is 0 Å². The molecule has 67 heavy (non-hydrogen) atoms. The minimum absolute atomic E-state index is 0.0169. The Morgan fingerprint density at radius 3 is 1.94 bits per heavy atom. The quantitative estimate of drug-likeness (QED) is 0.179. The summed E-state index contributed by atoms with van der Waals surface area (Å²) in [6, 6.07) is 50.9. The van der Waals surface area contributed by atoms with Crippen molar-refractivity contribution in [2.24, 2.45) is 0 Å². The van der Waals surface area contributed by atoms with Crippen LogP contribution in [0, 0.1) is 6.92 Å². The van der Waals surface area contributed by atoms with E-state index in [1.807, 2.05) is 0 Å². The molecule has 2 aromatic heterocycles. The van der Waals surface area contributed by atoms with Crippen LogP contribution in [0.3, 0.4) is 0 Å². The number of fused-ring (bicyclic) bond motifs is 11. The molecule has 331 valence electrons. The molecule has 0 saturated carbocycles. The van der Waals surface area contributed by atoms with E-state index in [-0.39, 0.29) is 21.7 Å². The summed E-state index contributed by atoms with van der Waals surface area (Å²) >= 11 is 0. The molecule has 0 fully saturated rings. The van der Waals surface area contributed by atoms with E-state index in [1.54, 1.807) is 0 Å². The summed E-state index contributed by atoms with van der Waals surface area (Å²) in [5, 5.41) is 11.3. The maximum Gasteiger partial charge on any atom is 0.197 e. The van der Waals surface area contributed by atoms with Gasteiger partial charge in [-0.3, -0.25) is 0 Å². The van der Waals surface area contributed by atoms with Crippen LogP contribution in [0.5, 0.6) is 0 Å². The number of rotatable bonds is 4. The van der Waals surface area contributed by atoms with Gasteiger partial charge >= 0.3 is 0 Å². The van der Waals surface area contributed by atoms with Crippen molar-refractivity contribution in [2.75, 3.05) is 5.32 Å². The lowest BCUT2D eigenvalue weighted by Gasteiger charge is -2.41. The molecular formula is C63H60BN2O. The molecule has 8 aromatic carbocycles. The fraction of sp³-hybridized carbons (Fsp3) is 0.270. The van der Waals surface area contributed by atoms with Crippen LogP contribution in [0.2, 0.25) is 0 Å². The van der Waals surface area contributed by atoms with Gasteiger partial charge in [-0.05, 0) is 140 Å². The van der Waals surface area contributed by atoms with Gasteiger partial charge in [0, 0.05) is 55.1 Å². The van der Waals surface area contributed by atoms with Crippen molar-refractivity contribution in [3.63, 3.8) is 0 Å². The number of nitrogens with one attached hydrogen (secondary N) is 1. The summed E-state index contributed by atoms with van der Waals surface area (Å²) in [5.41, 5.74) is 21.7. The van der Waals surface area contributed by atoms with E-state index < -0.39 is 0 Å². The Balaban J connectivity index is 1.22. The molecule has 1 radical (unpaired) electrons. The van der Waals surface area contributed by atoms with Crippen LogP contribution in [0.4, 0.5) is 11.4 Å². The molecule has 4 heteroatoms. The van der Waals surface area contributed by atoms with Gasteiger partial charge in [-0.15, -0.1) is 0 Å². The summed E-state index contributed by atoms with van der Waals surface area (Å²) < 4.78 is 9.68. The van der Waals surface area contributed by atoms with Crippen molar-refractivity contribution in [1.29, 1.82) is 0 Å². The highest BCUT2D eigenvalue weighted by Crippen LogP contribution is 2.50. The number of furan rings is 1. The van der Waals surface area contributed by atoms with Gasteiger partial charge in [0.1, 0.15) is 11.2 Å². The minimum Gasteiger partial charge on any atom is -0.456 e. The standard InChI is InChI=1S/C63H60BN2O/c1-36-16-24-41(25-17-36)65-52-33-47-46-32-49-50(63(10,11)29-28-62(49,8)9)35-55(46)67-54(47)34-45(52)48-31-44(38-18-21-39(22-19-38)60(2,3)4)56-43-26-20-37-14-12-13-15-42(37)58(43)66-53-27-23-40(61(5,6)7)30-51(53)64-57(48)59(56)66/h12-27,30-35,65H,28-29H2,1-11H3. The van der Waals surface area contributed by atoms with Crippen molar-refractivity contribution in [3.8, 4) is 27.9 Å². The number of hydrogen-bond acceptors (Lipinski definition) is 2. The van der Waals surface area contributed by atoms with E-state index in [0.717, 1.165) is 46.3 Å². The predicted molar refractivity (Wildman–Crippen MR) is 289 cm³/mol. The molecule has 2 aliphatic rings. The number of nitrogens with zero attached hydrogens (tertiary/aromatic N) is 1. The zero-order chi connectivity index (χ0) is 46.5. The van der Waals surface area contributed by atoms with E-state index in [2.05, 4.69) is 227 Å². The molecule has 1 aliphatic carbocycles. The molecule has 3 heterocycles. The first-order valence-electron chi connectivity index (χ1n) is 24.4. The van der Waals surface area contributed by atoms with Crippen LogP contribution in [0.15, 0.2) is 138 Å². The molecule has 3 nitrogen and oxygen atoms in total. The monoisotopic (exact) mass is 871 g/mol. The molecule has 1 N–H and O–H groups in total. The first-order chi connectivity index (χ1) is 31.8. The number of benzene rings is 8. The molecule has 10 aromatic rings. The number of aromatic nitrogens is 1. The fourth-order valence-corrected chi connectivity index (χ4v) is 11.5. The van der Waals surface area contributed by atoms with Crippen LogP contribution >= 0.6 is 0 Å². The topological polar surface area (TPSA) is 30.1 Å². The number of anilines is 2. The average molecular weight is 872 g/mol. The Kier molecular flexibility index (Phi) is 8.91. The van der Waals surface area contributed by atoms with Crippen LogP contribution in [-0.2, 0) is 21.7 Å². The second kappa shape index (κ2) is 14.3. The Morgan fingerprint density at radius 2 is 1.22 bits per heavy atom.